The predicted molar refractivity (Wildman–Crippen MR) is 65.7 cm³/mol. The van der Waals surface area contributed by atoms with Crippen LogP contribution in [0.5, 0.6) is 0 Å². The number of carboxylic acids is 1. The largest absolute Gasteiger partial charge is 0.478 e. The van der Waals surface area contributed by atoms with Gasteiger partial charge in [0.15, 0.2) is 0 Å². The zero-order valence-electron chi connectivity index (χ0n) is 10.1. The van der Waals surface area contributed by atoms with E-state index >= 15 is 0 Å². The Labute approximate surface area is 108 Å². The number of nitrogens with zero attached hydrogens (tertiary/aromatic N) is 2. The molecule has 98 valence electrons. The first-order chi connectivity index (χ1) is 9.09. The number of amides is 1. The Bertz CT molecular complexity index is 595. The van der Waals surface area contributed by atoms with Crippen LogP contribution in [0, 0.1) is 0 Å². The van der Waals surface area contributed by atoms with E-state index < -0.39 is 11.9 Å². The minimum atomic E-state index is -1.19. The van der Waals surface area contributed by atoms with E-state index in [1.807, 2.05) is 0 Å². The van der Waals surface area contributed by atoms with Gasteiger partial charge in [-0.05, 0) is 13.0 Å². The summed E-state index contributed by atoms with van der Waals surface area (Å²) >= 11 is 0. The van der Waals surface area contributed by atoms with Gasteiger partial charge in [-0.3, -0.25) is 14.9 Å². The molecule has 0 saturated heterocycles. The topological polar surface area (TPSA) is 108 Å². The quantitative estimate of drug-likeness (QED) is 0.759. The standard InChI is InChI=1S/C12H12N4O3/c1-7(8-4-14-15-5-8)16-11(17)9-2-3-13-6-10(9)12(18)19/h2-7H,1H3,(H,14,15)(H,16,17)(H,18,19). The number of aromatic amines is 1. The van der Waals surface area contributed by atoms with Crippen LogP contribution < -0.4 is 5.32 Å². The molecule has 1 unspecified atom stereocenters. The molecule has 2 aromatic rings. The molecule has 7 nitrogen and oxygen atoms in total. The smallest absolute Gasteiger partial charge is 0.338 e. The number of H-pyrrole nitrogens is 1. The summed E-state index contributed by atoms with van der Waals surface area (Å²) in [5.41, 5.74) is 0.761. The van der Waals surface area contributed by atoms with E-state index in [9.17, 15) is 9.59 Å². The summed E-state index contributed by atoms with van der Waals surface area (Å²) in [7, 11) is 0. The minimum absolute atomic E-state index is 0.0813. The summed E-state index contributed by atoms with van der Waals surface area (Å²) in [6, 6.07) is 1.10. The first-order valence-corrected chi connectivity index (χ1v) is 5.56. The van der Waals surface area contributed by atoms with Crippen LogP contribution in [0.15, 0.2) is 30.9 Å². The fourth-order valence-electron chi connectivity index (χ4n) is 1.62. The highest BCUT2D eigenvalue weighted by atomic mass is 16.4. The molecule has 0 aliphatic rings. The number of aromatic carboxylic acids is 1. The lowest BCUT2D eigenvalue weighted by molar-refractivity contribution is 0.0690. The second kappa shape index (κ2) is 5.30. The molecule has 0 aliphatic carbocycles. The molecule has 2 heterocycles. The fourth-order valence-corrected chi connectivity index (χ4v) is 1.62. The highest BCUT2D eigenvalue weighted by molar-refractivity contribution is 6.04. The van der Waals surface area contributed by atoms with E-state index in [1.165, 1.54) is 12.3 Å². The molecule has 2 aromatic heterocycles. The van der Waals surface area contributed by atoms with Crippen molar-refractivity contribution in [1.29, 1.82) is 0 Å². The highest BCUT2D eigenvalue weighted by Gasteiger charge is 2.18. The SMILES string of the molecule is CC(NC(=O)c1ccncc1C(=O)O)c1cn[nH]c1. The van der Waals surface area contributed by atoms with E-state index in [0.717, 1.165) is 11.8 Å². The van der Waals surface area contributed by atoms with Crippen molar-refractivity contribution in [1.82, 2.24) is 20.5 Å². The van der Waals surface area contributed by atoms with Gasteiger partial charge in [0.25, 0.3) is 5.91 Å². The zero-order valence-corrected chi connectivity index (χ0v) is 10.1. The molecule has 0 aromatic carbocycles. The third-order valence-corrected chi connectivity index (χ3v) is 2.66. The number of carbonyl (C=O) groups excluding carboxylic acids is 1. The lowest BCUT2D eigenvalue weighted by Crippen LogP contribution is -2.28. The van der Waals surface area contributed by atoms with Crippen LogP contribution in [0.4, 0.5) is 0 Å². The number of rotatable bonds is 4. The van der Waals surface area contributed by atoms with E-state index in [0.29, 0.717) is 0 Å². The molecular weight excluding hydrogens is 248 g/mol. The van der Waals surface area contributed by atoms with E-state index in [1.54, 1.807) is 19.3 Å². The molecule has 0 bridgehead atoms. The van der Waals surface area contributed by atoms with Crippen LogP contribution in [0.2, 0.25) is 0 Å². The van der Waals surface area contributed by atoms with Crippen molar-refractivity contribution < 1.29 is 14.7 Å². The molecule has 2 rings (SSSR count). The Morgan fingerprint density at radius 2 is 2.16 bits per heavy atom. The van der Waals surface area contributed by atoms with Gasteiger partial charge in [0.05, 0.1) is 23.4 Å². The molecule has 1 atom stereocenters. The molecule has 0 radical (unpaired) electrons. The number of pyridine rings is 1. The molecule has 7 heteroatoms. The van der Waals surface area contributed by atoms with Gasteiger partial charge < -0.3 is 10.4 Å². The van der Waals surface area contributed by atoms with Gasteiger partial charge in [-0.2, -0.15) is 5.10 Å². The third kappa shape index (κ3) is 2.76. The maximum atomic E-state index is 12.0. The van der Waals surface area contributed by atoms with Crippen LogP contribution in [-0.4, -0.2) is 32.2 Å². The molecule has 0 spiro atoms. The predicted octanol–water partition coefficient (Wildman–Crippen LogP) is 0.994. The van der Waals surface area contributed by atoms with Crippen molar-refractivity contribution in [2.45, 2.75) is 13.0 Å². The maximum Gasteiger partial charge on any atom is 0.338 e. The Morgan fingerprint density at radius 1 is 1.37 bits per heavy atom. The Morgan fingerprint density at radius 3 is 2.79 bits per heavy atom. The summed E-state index contributed by atoms with van der Waals surface area (Å²) in [4.78, 5) is 26.8. The summed E-state index contributed by atoms with van der Waals surface area (Å²) in [5, 5.41) is 18.1. The van der Waals surface area contributed by atoms with Gasteiger partial charge in [0, 0.05) is 24.2 Å². The monoisotopic (exact) mass is 260 g/mol. The lowest BCUT2D eigenvalue weighted by atomic mass is 10.1. The summed E-state index contributed by atoms with van der Waals surface area (Å²) in [6.07, 6.45) is 5.79. The van der Waals surface area contributed by atoms with Crippen molar-refractivity contribution in [3.8, 4) is 0 Å². The van der Waals surface area contributed by atoms with Crippen molar-refractivity contribution >= 4 is 11.9 Å². The number of nitrogens with one attached hydrogen (secondary N) is 2. The first kappa shape index (κ1) is 12.7. The second-order valence-corrected chi connectivity index (χ2v) is 3.95. The average Bonchev–Trinajstić information content (AvgIpc) is 2.92. The fraction of sp³-hybridized carbons (Fsp3) is 0.167. The van der Waals surface area contributed by atoms with Crippen molar-refractivity contribution in [3.05, 3.63) is 47.5 Å². The van der Waals surface area contributed by atoms with E-state index in [4.69, 9.17) is 5.11 Å². The second-order valence-electron chi connectivity index (χ2n) is 3.95. The minimum Gasteiger partial charge on any atom is -0.478 e. The van der Waals surface area contributed by atoms with Crippen LogP contribution in [0.1, 0.15) is 39.2 Å². The van der Waals surface area contributed by atoms with Gasteiger partial charge >= 0.3 is 5.97 Å². The average molecular weight is 260 g/mol. The molecular formula is C12H12N4O3. The van der Waals surface area contributed by atoms with Crippen molar-refractivity contribution in [3.63, 3.8) is 0 Å². The van der Waals surface area contributed by atoms with Gasteiger partial charge in [-0.1, -0.05) is 0 Å². The highest BCUT2D eigenvalue weighted by Crippen LogP contribution is 2.12. The number of hydrogen-bond acceptors (Lipinski definition) is 4. The van der Waals surface area contributed by atoms with Gasteiger partial charge in [-0.15, -0.1) is 0 Å². The maximum absolute atomic E-state index is 12.0. The normalized spacial score (nSPS) is 11.8. The van der Waals surface area contributed by atoms with E-state index in [-0.39, 0.29) is 17.2 Å². The molecule has 3 N–H and O–H groups in total. The third-order valence-electron chi connectivity index (χ3n) is 2.66. The summed E-state index contributed by atoms with van der Waals surface area (Å²) in [6.45, 7) is 1.78. The molecule has 0 aliphatic heterocycles. The van der Waals surface area contributed by atoms with Gasteiger partial charge in [-0.25, -0.2) is 4.79 Å². The van der Waals surface area contributed by atoms with Crippen molar-refractivity contribution in [2.75, 3.05) is 0 Å². The number of aromatic nitrogens is 3. The number of hydrogen-bond donors (Lipinski definition) is 3. The van der Waals surface area contributed by atoms with Crippen LogP contribution in [0.3, 0.4) is 0 Å². The zero-order chi connectivity index (χ0) is 13.8. The first-order valence-electron chi connectivity index (χ1n) is 5.56. The Hall–Kier alpha value is -2.70. The number of carboxylic acid groups (broad SMARTS) is 1. The van der Waals surface area contributed by atoms with Crippen LogP contribution in [0.25, 0.3) is 0 Å². The summed E-state index contributed by atoms with van der Waals surface area (Å²) < 4.78 is 0. The van der Waals surface area contributed by atoms with Gasteiger partial charge in [0.2, 0.25) is 0 Å². The Kier molecular flexibility index (Phi) is 3.56. The number of carbonyl (C=O) groups is 2. The van der Waals surface area contributed by atoms with Crippen molar-refractivity contribution in [2.24, 2.45) is 0 Å². The molecule has 0 saturated carbocycles. The molecule has 0 fully saturated rings. The molecule has 19 heavy (non-hydrogen) atoms. The van der Waals surface area contributed by atoms with Crippen LogP contribution >= 0.6 is 0 Å². The van der Waals surface area contributed by atoms with E-state index in [2.05, 4.69) is 20.5 Å². The Balaban J connectivity index is 2.19. The lowest BCUT2D eigenvalue weighted by Gasteiger charge is -2.12. The molecule has 1 amide bonds. The van der Waals surface area contributed by atoms with Crippen LogP contribution in [-0.2, 0) is 0 Å². The summed E-state index contributed by atoms with van der Waals surface area (Å²) in [5.74, 6) is -1.65. The van der Waals surface area contributed by atoms with Gasteiger partial charge in [0.1, 0.15) is 0 Å².